The Bertz CT molecular complexity index is 84.5. The molecule has 0 radical (unpaired) electrons. The van der Waals surface area contributed by atoms with Crippen LogP contribution in [0, 0.1) is 5.92 Å². The molecule has 8 heavy (non-hydrogen) atoms. The van der Waals surface area contributed by atoms with E-state index in [9.17, 15) is 0 Å². The largest absolute Gasteiger partial charge is 0.351 e. The van der Waals surface area contributed by atoms with Crippen molar-refractivity contribution in [3.8, 4) is 0 Å². The zero-order chi connectivity index (χ0) is 6.15. The molecular weight excluding hydrogens is 106 g/mol. The zero-order valence-corrected chi connectivity index (χ0v) is 5.09. The van der Waals surface area contributed by atoms with Gasteiger partial charge in [0.1, 0.15) is 6.10 Å². The summed E-state index contributed by atoms with van der Waals surface area (Å²) in [6.07, 6.45) is 0.120. The number of hydrogen-bond donors (Lipinski definition) is 2. The molecule has 48 valence electrons. The molecule has 1 saturated heterocycles. The summed E-state index contributed by atoms with van der Waals surface area (Å²) < 4.78 is 4.97. The minimum atomic E-state index is -0.102. The third-order valence-corrected chi connectivity index (χ3v) is 1.31. The van der Waals surface area contributed by atoms with E-state index in [0.29, 0.717) is 5.92 Å². The molecule has 3 heteroatoms. The monoisotopic (exact) mass is 117 g/mol. The fourth-order valence-electron chi connectivity index (χ4n) is 0.735. The van der Waals surface area contributed by atoms with Crippen molar-refractivity contribution in [2.45, 2.75) is 26.2 Å². The highest BCUT2D eigenvalue weighted by atomic mass is 16.7. The first kappa shape index (κ1) is 6.01. The van der Waals surface area contributed by atoms with E-state index in [1.54, 1.807) is 0 Å². The van der Waals surface area contributed by atoms with Crippen molar-refractivity contribution >= 4 is 0 Å². The Kier molecular flexibility index (Phi) is 1.51. The highest BCUT2D eigenvalue weighted by Crippen LogP contribution is 2.25. The second kappa shape index (κ2) is 2.01. The first-order valence-corrected chi connectivity index (χ1v) is 2.81. The van der Waals surface area contributed by atoms with Crippen LogP contribution < -0.4 is 5.48 Å². The van der Waals surface area contributed by atoms with Gasteiger partial charge in [0, 0.05) is 0 Å². The van der Waals surface area contributed by atoms with Crippen LogP contribution in [0.5, 0.6) is 0 Å². The summed E-state index contributed by atoms with van der Waals surface area (Å²) in [5.74, 6) is 0.500. The molecule has 2 N–H and O–H groups in total. The number of ether oxygens (including phenoxy) is 1. The van der Waals surface area contributed by atoms with Gasteiger partial charge in [-0.1, -0.05) is 13.8 Å². The van der Waals surface area contributed by atoms with Gasteiger partial charge in [-0.05, 0) is 5.92 Å². The molecule has 0 aromatic heterocycles. The standard InChI is InChI=1S/C5H11NO2/c1-3(2)4-5(6-7)8-4/h3-7H,1-2H3. The minimum absolute atomic E-state index is 0.102. The Morgan fingerprint density at radius 2 is 2.25 bits per heavy atom. The summed E-state index contributed by atoms with van der Waals surface area (Å²) in [5, 5.41) is 8.25. The van der Waals surface area contributed by atoms with Gasteiger partial charge in [-0.3, -0.25) is 0 Å². The molecule has 1 heterocycles. The van der Waals surface area contributed by atoms with Crippen LogP contribution in [0.15, 0.2) is 0 Å². The molecule has 2 unspecified atom stereocenters. The molecule has 0 spiro atoms. The van der Waals surface area contributed by atoms with Crippen LogP contribution in [-0.4, -0.2) is 17.5 Å². The molecule has 1 aliphatic rings. The molecule has 0 aromatic rings. The lowest BCUT2D eigenvalue weighted by atomic mass is 10.1. The number of epoxide rings is 1. The molecule has 0 amide bonds. The Labute approximate surface area is 48.6 Å². The lowest BCUT2D eigenvalue weighted by Crippen LogP contribution is -2.16. The molecular formula is C5H11NO2. The summed E-state index contributed by atoms with van der Waals surface area (Å²) in [7, 11) is 0. The first-order chi connectivity index (χ1) is 3.75. The van der Waals surface area contributed by atoms with E-state index >= 15 is 0 Å². The molecule has 2 atom stereocenters. The highest BCUT2D eigenvalue weighted by molar-refractivity contribution is 4.82. The van der Waals surface area contributed by atoms with Crippen LogP contribution in [-0.2, 0) is 4.74 Å². The average molecular weight is 117 g/mol. The van der Waals surface area contributed by atoms with Gasteiger partial charge in [0.2, 0.25) is 0 Å². The van der Waals surface area contributed by atoms with Gasteiger partial charge in [0.05, 0.1) is 0 Å². The number of rotatable bonds is 2. The Morgan fingerprint density at radius 3 is 2.38 bits per heavy atom. The fourth-order valence-corrected chi connectivity index (χ4v) is 0.735. The van der Waals surface area contributed by atoms with Crippen LogP contribution in [0.4, 0.5) is 0 Å². The van der Waals surface area contributed by atoms with Crippen molar-refractivity contribution < 1.29 is 9.94 Å². The van der Waals surface area contributed by atoms with Gasteiger partial charge < -0.3 is 9.94 Å². The maximum atomic E-state index is 8.25. The van der Waals surface area contributed by atoms with Crippen LogP contribution >= 0.6 is 0 Å². The second-order valence-electron chi connectivity index (χ2n) is 2.39. The topological polar surface area (TPSA) is 44.8 Å². The van der Waals surface area contributed by atoms with E-state index in [-0.39, 0.29) is 12.3 Å². The van der Waals surface area contributed by atoms with E-state index in [1.807, 2.05) is 5.48 Å². The molecule has 1 fully saturated rings. The van der Waals surface area contributed by atoms with Crippen LogP contribution in [0.25, 0.3) is 0 Å². The predicted octanol–water partition coefficient (Wildman–Crippen LogP) is 0.346. The van der Waals surface area contributed by atoms with E-state index in [1.165, 1.54) is 0 Å². The van der Waals surface area contributed by atoms with E-state index in [0.717, 1.165) is 0 Å². The summed E-state index contributed by atoms with van der Waals surface area (Å²) in [4.78, 5) is 0. The molecule has 0 saturated carbocycles. The van der Waals surface area contributed by atoms with Crippen LogP contribution in [0.1, 0.15) is 13.8 Å². The molecule has 0 aromatic carbocycles. The number of nitrogens with one attached hydrogen (secondary N) is 1. The summed E-state index contributed by atoms with van der Waals surface area (Å²) >= 11 is 0. The number of hydroxylamine groups is 1. The maximum Gasteiger partial charge on any atom is 0.156 e. The first-order valence-electron chi connectivity index (χ1n) is 2.81. The Morgan fingerprint density at radius 1 is 1.62 bits per heavy atom. The van der Waals surface area contributed by atoms with Crippen LogP contribution in [0.2, 0.25) is 0 Å². The average Bonchev–Trinajstić information content (AvgIpc) is 2.42. The van der Waals surface area contributed by atoms with Crippen molar-refractivity contribution in [3.63, 3.8) is 0 Å². The predicted molar refractivity (Wildman–Crippen MR) is 28.4 cm³/mol. The summed E-state index contributed by atoms with van der Waals surface area (Å²) in [6, 6.07) is 0. The lowest BCUT2D eigenvalue weighted by molar-refractivity contribution is 0.119. The van der Waals surface area contributed by atoms with Gasteiger partial charge in [-0.25, -0.2) is 0 Å². The second-order valence-corrected chi connectivity index (χ2v) is 2.39. The van der Waals surface area contributed by atoms with E-state index in [2.05, 4.69) is 13.8 Å². The van der Waals surface area contributed by atoms with Crippen molar-refractivity contribution in [1.82, 2.24) is 5.48 Å². The summed E-state index contributed by atoms with van der Waals surface area (Å²) in [6.45, 7) is 4.12. The van der Waals surface area contributed by atoms with Gasteiger partial charge in [-0.15, -0.1) is 0 Å². The normalized spacial score (nSPS) is 36.0. The fraction of sp³-hybridized carbons (Fsp3) is 1.00. The lowest BCUT2D eigenvalue weighted by Gasteiger charge is -1.93. The minimum Gasteiger partial charge on any atom is -0.351 e. The quantitative estimate of drug-likeness (QED) is 0.405. The smallest absolute Gasteiger partial charge is 0.156 e. The highest BCUT2D eigenvalue weighted by Gasteiger charge is 2.40. The summed E-state index contributed by atoms with van der Waals surface area (Å²) in [5.41, 5.74) is 2.05. The molecule has 0 bridgehead atoms. The molecule has 1 rings (SSSR count). The third kappa shape index (κ3) is 0.992. The number of hydrogen-bond acceptors (Lipinski definition) is 3. The maximum absolute atomic E-state index is 8.25. The van der Waals surface area contributed by atoms with Crippen molar-refractivity contribution in [2.75, 3.05) is 0 Å². The zero-order valence-electron chi connectivity index (χ0n) is 5.09. The third-order valence-electron chi connectivity index (χ3n) is 1.31. The van der Waals surface area contributed by atoms with Gasteiger partial charge in [-0.2, -0.15) is 5.48 Å². The van der Waals surface area contributed by atoms with E-state index in [4.69, 9.17) is 9.94 Å². The van der Waals surface area contributed by atoms with Gasteiger partial charge in [0.15, 0.2) is 6.23 Å². The van der Waals surface area contributed by atoms with Gasteiger partial charge >= 0.3 is 0 Å². The molecule has 3 nitrogen and oxygen atoms in total. The van der Waals surface area contributed by atoms with Crippen molar-refractivity contribution in [3.05, 3.63) is 0 Å². The Balaban J connectivity index is 2.16. The van der Waals surface area contributed by atoms with Crippen LogP contribution in [0.3, 0.4) is 0 Å². The van der Waals surface area contributed by atoms with Crippen molar-refractivity contribution in [1.29, 1.82) is 0 Å². The Hall–Kier alpha value is -0.120. The van der Waals surface area contributed by atoms with Gasteiger partial charge in [0.25, 0.3) is 0 Å². The van der Waals surface area contributed by atoms with Crippen molar-refractivity contribution in [2.24, 2.45) is 5.92 Å². The molecule has 0 aliphatic carbocycles. The molecule has 1 aliphatic heterocycles. The SMILES string of the molecule is CC(C)C1OC1NO. The van der Waals surface area contributed by atoms with E-state index < -0.39 is 0 Å².